The van der Waals surface area contributed by atoms with Gasteiger partial charge in [0.2, 0.25) is 0 Å². The van der Waals surface area contributed by atoms with E-state index in [1.54, 1.807) is 0 Å². The Balaban J connectivity index is 1.59. The molecule has 0 aromatic rings. The molecule has 0 radical (unpaired) electrons. The van der Waals surface area contributed by atoms with Crippen molar-refractivity contribution in [1.29, 1.82) is 0 Å². The zero-order chi connectivity index (χ0) is 18.6. The summed E-state index contributed by atoms with van der Waals surface area (Å²) in [5.41, 5.74) is 1.25. The molecule has 4 aliphatic rings. The molecule has 0 aliphatic heterocycles. The Labute approximate surface area is 159 Å². The van der Waals surface area contributed by atoms with Crippen LogP contribution in [0.1, 0.15) is 65.2 Å². The highest BCUT2D eigenvalue weighted by Gasteiger charge is 2.63. The Morgan fingerprint density at radius 2 is 1.96 bits per heavy atom. The first-order valence-corrected chi connectivity index (χ1v) is 10.8. The van der Waals surface area contributed by atoms with Gasteiger partial charge < -0.3 is 15.5 Å². The number of fused-ring (bicyclic) bond motifs is 5. The molecule has 26 heavy (non-hydrogen) atoms. The van der Waals surface area contributed by atoms with E-state index in [2.05, 4.69) is 31.8 Å². The smallest absolute Gasteiger partial charge is 0.0827 e. The van der Waals surface area contributed by atoms with Crippen LogP contribution < -0.4 is 5.32 Å². The molecule has 0 amide bonds. The molecule has 3 saturated carbocycles. The first-order chi connectivity index (χ1) is 12.3. The molecule has 0 saturated heterocycles. The number of allylic oxidation sites excluding steroid dienone is 1. The van der Waals surface area contributed by atoms with E-state index in [-0.39, 0.29) is 16.9 Å². The van der Waals surface area contributed by atoms with Gasteiger partial charge in [0.25, 0.3) is 0 Å². The first kappa shape index (κ1) is 18.7. The lowest BCUT2D eigenvalue weighted by Gasteiger charge is -2.59. The van der Waals surface area contributed by atoms with Crippen molar-refractivity contribution in [1.82, 2.24) is 5.32 Å². The molecule has 3 nitrogen and oxygen atoms in total. The maximum Gasteiger partial charge on any atom is 0.0827 e. The van der Waals surface area contributed by atoms with Gasteiger partial charge >= 0.3 is 0 Å². The van der Waals surface area contributed by atoms with Crippen LogP contribution in [-0.2, 0) is 0 Å². The van der Waals surface area contributed by atoms with Crippen LogP contribution in [0.5, 0.6) is 0 Å². The van der Waals surface area contributed by atoms with Crippen LogP contribution in [0, 0.1) is 28.6 Å². The zero-order valence-corrected chi connectivity index (χ0v) is 16.6. The number of hydrogen-bond acceptors (Lipinski definition) is 3. The average molecular weight is 360 g/mol. The summed E-state index contributed by atoms with van der Waals surface area (Å²) in [6, 6.07) is 0. The lowest BCUT2D eigenvalue weighted by molar-refractivity contribution is -0.122. The van der Waals surface area contributed by atoms with Gasteiger partial charge in [0.15, 0.2) is 0 Å². The van der Waals surface area contributed by atoms with Crippen LogP contribution in [0.2, 0.25) is 0 Å². The molecule has 0 heterocycles. The third-order valence-electron chi connectivity index (χ3n) is 9.11. The molecule has 0 spiro atoms. The fraction of sp³-hybridized carbons (Fsp3) is 0.826. The molecule has 3 fully saturated rings. The van der Waals surface area contributed by atoms with Gasteiger partial charge in [0.1, 0.15) is 0 Å². The van der Waals surface area contributed by atoms with E-state index < -0.39 is 5.60 Å². The maximum atomic E-state index is 11.5. The quantitative estimate of drug-likeness (QED) is 0.528. The number of aliphatic hydroxyl groups is 2. The third kappa shape index (κ3) is 2.57. The largest absolute Gasteiger partial charge is 0.393 e. The molecule has 0 aromatic heterocycles. The molecule has 2 unspecified atom stereocenters. The van der Waals surface area contributed by atoms with Gasteiger partial charge in [-0.3, -0.25) is 0 Å². The SMILES string of the molecule is C=CCNCC1(O)CC[C@H]2[C@@H]3CC=C4CC(O)CC[C@]4(C)[C@@H]3CC[C@@]21C. The van der Waals surface area contributed by atoms with Crippen molar-refractivity contribution in [2.45, 2.75) is 76.9 Å². The fourth-order valence-corrected chi connectivity index (χ4v) is 7.42. The summed E-state index contributed by atoms with van der Waals surface area (Å²) in [7, 11) is 0. The van der Waals surface area contributed by atoms with Crippen LogP contribution >= 0.6 is 0 Å². The summed E-state index contributed by atoms with van der Waals surface area (Å²) in [5.74, 6) is 2.06. The summed E-state index contributed by atoms with van der Waals surface area (Å²) in [5, 5.41) is 25.1. The Morgan fingerprint density at radius 3 is 2.73 bits per heavy atom. The van der Waals surface area contributed by atoms with Crippen molar-refractivity contribution in [3.63, 3.8) is 0 Å². The van der Waals surface area contributed by atoms with Crippen molar-refractivity contribution >= 4 is 0 Å². The average Bonchev–Trinajstić information content (AvgIpc) is 2.87. The van der Waals surface area contributed by atoms with Crippen molar-refractivity contribution in [3.8, 4) is 0 Å². The second-order valence-electron chi connectivity index (χ2n) is 10.1. The Kier molecular flexibility index (Phi) is 4.65. The third-order valence-corrected chi connectivity index (χ3v) is 9.11. The van der Waals surface area contributed by atoms with E-state index in [4.69, 9.17) is 0 Å². The summed E-state index contributed by atoms with van der Waals surface area (Å²) < 4.78 is 0. The minimum absolute atomic E-state index is 0.0260. The van der Waals surface area contributed by atoms with Crippen molar-refractivity contribution in [2.75, 3.05) is 13.1 Å². The topological polar surface area (TPSA) is 52.5 Å². The zero-order valence-electron chi connectivity index (χ0n) is 16.6. The van der Waals surface area contributed by atoms with Crippen LogP contribution in [0.3, 0.4) is 0 Å². The fourth-order valence-electron chi connectivity index (χ4n) is 7.42. The lowest BCUT2D eigenvalue weighted by atomic mass is 9.47. The van der Waals surface area contributed by atoms with Crippen LogP contribution in [-0.4, -0.2) is 35.0 Å². The number of rotatable bonds is 4. The Morgan fingerprint density at radius 1 is 1.19 bits per heavy atom. The van der Waals surface area contributed by atoms with Gasteiger partial charge in [-0.2, -0.15) is 0 Å². The van der Waals surface area contributed by atoms with Crippen molar-refractivity contribution < 1.29 is 10.2 Å². The highest BCUT2D eigenvalue weighted by Crippen LogP contribution is 2.67. The van der Waals surface area contributed by atoms with E-state index in [0.29, 0.717) is 18.4 Å². The Bertz CT molecular complexity index is 601. The standard InChI is InChI=1S/C23H37NO2/c1-4-13-24-15-23(26)12-9-20-18-6-5-16-14-17(25)7-10-21(16,2)19(18)8-11-22(20,23)3/h4-5,17-20,24-26H,1,6-15H2,2-3H3/t17?,18-,19-,20+,21+,22+,23?/m1/s1. The van der Waals surface area contributed by atoms with Gasteiger partial charge in [-0.1, -0.05) is 31.6 Å². The maximum absolute atomic E-state index is 11.5. The van der Waals surface area contributed by atoms with Crippen LogP contribution in [0.15, 0.2) is 24.3 Å². The van der Waals surface area contributed by atoms with Gasteiger partial charge in [0.05, 0.1) is 11.7 Å². The van der Waals surface area contributed by atoms with E-state index in [0.717, 1.165) is 57.4 Å². The van der Waals surface area contributed by atoms with E-state index >= 15 is 0 Å². The van der Waals surface area contributed by atoms with Gasteiger partial charge in [-0.25, -0.2) is 0 Å². The Hall–Kier alpha value is -0.640. The van der Waals surface area contributed by atoms with Gasteiger partial charge in [-0.15, -0.1) is 6.58 Å². The molecule has 0 bridgehead atoms. The van der Waals surface area contributed by atoms with E-state index in [1.165, 1.54) is 12.0 Å². The van der Waals surface area contributed by atoms with Crippen LogP contribution in [0.25, 0.3) is 0 Å². The van der Waals surface area contributed by atoms with Gasteiger partial charge in [0, 0.05) is 18.5 Å². The molecular formula is C23H37NO2. The van der Waals surface area contributed by atoms with E-state index in [9.17, 15) is 10.2 Å². The minimum Gasteiger partial charge on any atom is -0.393 e. The molecule has 0 aromatic carbocycles. The predicted octanol–water partition coefficient (Wildman–Crippen LogP) is 3.82. The molecule has 4 aliphatic carbocycles. The van der Waals surface area contributed by atoms with Crippen molar-refractivity contribution in [2.24, 2.45) is 28.6 Å². The molecule has 4 rings (SSSR count). The highest BCUT2D eigenvalue weighted by atomic mass is 16.3. The number of hydrogen-bond donors (Lipinski definition) is 3. The summed E-state index contributed by atoms with van der Waals surface area (Å²) >= 11 is 0. The normalized spacial score (nSPS) is 50.4. The first-order valence-electron chi connectivity index (χ1n) is 10.8. The molecular weight excluding hydrogens is 322 g/mol. The lowest BCUT2D eigenvalue weighted by Crippen LogP contribution is -2.57. The predicted molar refractivity (Wildman–Crippen MR) is 106 cm³/mol. The molecule has 3 N–H and O–H groups in total. The van der Waals surface area contributed by atoms with Crippen molar-refractivity contribution in [3.05, 3.63) is 24.3 Å². The second-order valence-corrected chi connectivity index (χ2v) is 10.1. The summed E-state index contributed by atoms with van der Waals surface area (Å²) in [4.78, 5) is 0. The summed E-state index contributed by atoms with van der Waals surface area (Å²) in [6.45, 7) is 10.1. The summed E-state index contributed by atoms with van der Waals surface area (Å²) in [6.07, 6.45) is 12.8. The van der Waals surface area contributed by atoms with Gasteiger partial charge in [-0.05, 0) is 74.5 Å². The molecule has 146 valence electrons. The number of nitrogens with one attached hydrogen (secondary N) is 1. The van der Waals surface area contributed by atoms with E-state index in [1.807, 2.05) is 6.08 Å². The minimum atomic E-state index is -0.584. The monoisotopic (exact) mass is 359 g/mol. The second kappa shape index (κ2) is 6.46. The molecule has 7 atom stereocenters. The molecule has 3 heteroatoms. The highest BCUT2D eigenvalue weighted by molar-refractivity contribution is 5.26. The van der Waals surface area contributed by atoms with Crippen LogP contribution in [0.4, 0.5) is 0 Å². The number of aliphatic hydroxyl groups excluding tert-OH is 1.